The van der Waals surface area contributed by atoms with E-state index in [1.54, 1.807) is 6.26 Å². The van der Waals surface area contributed by atoms with E-state index in [2.05, 4.69) is 38.2 Å². The quantitative estimate of drug-likeness (QED) is 0.926. The summed E-state index contributed by atoms with van der Waals surface area (Å²) >= 11 is 0. The Balaban J connectivity index is 1.68. The van der Waals surface area contributed by atoms with Crippen molar-refractivity contribution in [2.24, 2.45) is 5.41 Å². The average molecular weight is 299 g/mol. The molecule has 0 unspecified atom stereocenters. The number of aryl methyl sites for hydroxylation is 2. The minimum atomic E-state index is 0.0763. The van der Waals surface area contributed by atoms with Crippen molar-refractivity contribution in [2.75, 3.05) is 6.54 Å². The van der Waals surface area contributed by atoms with E-state index >= 15 is 0 Å². The lowest BCUT2D eigenvalue weighted by Gasteiger charge is -2.17. The monoisotopic (exact) mass is 299 g/mol. The molecule has 0 spiro atoms. The van der Waals surface area contributed by atoms with E-state index in [0.717, 1.165) is 42.3 Å². The second-order valence-electron chi connectivity index (χ2n) is 7.57. The van der Waals surface area contributed by atoms with Gasteiger partial charge in [-0.25, -0.2) is 0 Å². The van der Waals surface area contributed by atoms with Crippen LogP contribution in [0.25, 0.3) is 11.0 Å². The van der Waals surface area contributed by atoms with Crippen molar-refractivity contribution in [2.45, 2.75) is 52.9 Å². The van der Waals surface area contributed by atoms with Crippen LogP contribution >= 0.6 is 0 Å². The number of hydrogen-bond donors (Lipinski definition) is 1. The van der Waals surface area contributed by atoms with Gasteiger partial charge < -0.3 is 9.73 Å². The lowest BCUT2D eigenvalue weighted by molar-refractivity contribution is -0.120. The molecule has 118 valence electrons. The largest absolute Gasteiger partial charge is 0.464 e. The third kappa shape index (κ3) is 3.34. The lowest BCUT2D eigenvalue weighted by atomic mass is 9.92. The molecule has 1 heterocycles. The first-order chi connectivity index (χ1) is 10.4. The van der Waals surface area contributed by atoms with Gasteiger partial charge in [-0.3, -0.25) is 4.79 Å². The molecule has 22 heavy (non-hydrogen) atoms. The molecule has 2 aromatic rings. The molecule has 3 heteroatoms. The molecule has 3 nitrogen and oxygen atoms in total. The van der Waals surface area contributed by atoms with E-state index in [4.69, 9.17) is 4.42 Å². The lowest BCUT2D eigenvalue weighted by Crippen LogP contribution is -2.28. The summed E-state index contributed by atoms with van der Waals surface area (Å²) in [5, 5.41) is 4.12. The fourth-order valence-corrected chi connectivity index (χ4v) is 3.10. The molecule has 0 fully saturated rings. The standard InChI is InChI=1S/C19H25NO2/c1-19(2,3)7-8-20-18(21)11-15-12-22-17-10-14-6-4-5-13(14)9-16(15)17/h9-10,12H,4-8,11H2,1-3H3,(H,20,21). The van der Waals surface area contributed by atoms with Crippen LogP contribution in [0.5, 0.6) is 0 Å². The summed E-state index contributed by atoms with van der Waals surface area (Å²) in [6.07, 6.45) is 6.64. The fourth-order valence-electron chi connectivity index (χ4n) is 3.10. The van der Waals surface area contributed by atoms with Gasteiger partial charge in [0.05, 0.1) is 12.7 Å². The SMILES string of the molecule is CC(C)(C)CCNC(=O)Cc1coc2cc3c(cc12)CCC3. The van der Waals surface area contributed by atoms with E-state index in [-0.39, 0.29) is 11.3 Å². The smallest absolute Gasteiger partial charge is 0.224 e. The van der Waals surface area contributed by atoms with Crippen LogP contribution in [-0.2, 0) is 24.1 Å². The zero-order valence-corrected chi connectivity index (χ0v) is 13.8. The Kier molecular flexibility index (Phi) is 3.98. The highest BCUT2D eigenvalue weighted by Gasteiger charge is 2.17. The van der Waals surface area contributed by atoms with E-state index < -0.39 is 0 Å². The van der Waals surface area contributed by atoms with Crippen molar-refractivity contribution in [1.29, 1.82) is 0 Å². The number of rotatable bonds is 4. The average Bonchev–Trinajstić information content (AvgIpc) is 3.02. The summed E-state index contributed by atoms with van der Waals surface area (Å²) < 4.78 is 5.65. The molecule has 0 aliphatic heterocycles. The minimum Gasteiger partial charge on any atom is -0.464 e. The first-order valence-corrected chi connectivity index (χ1v) is 8.21. The van der Waals surface area contributed by atoms with Crippen molar-refractivity contribution < 1.29 is 9.21 Å². The molecule has 1 aliphatic carbocycles. The first-order valence-electron chi connectivity index (χ1n) is 8.21. The Morgan fingerprint density at radius 3 is 2.68 bits per heavy atom. The molecule has 1 aliphatic rings. The highest BCUT2D eigenvalue weighted by Crippen LogP contribution is 2.30. The van der Waals surface area contributed by atoms with E-state index in [1.165, 1.54) is 17.5 Å². The highest BCUT2D eigenvalue weighted by atomic mass is 16.3. The Bertz CT molecular complexity index is 691. The van der Waals surface area contributed by atoms with Gasteiger partial charge in [0.15, 0.2) is 0 Å². The van der Waals surface area contributed by atoms with E-state index in [9.17, 15) is 4.79 Å². The van der Waals surface area contributed by atoms with E-state index in [0.29, 0.717) is 6.42 Å². The minimum absolute atomic E-state index is 0.0763. The number of amides is 1. The number of nitrogens with one attached hydrogen (secondary N) is 1. The molecule has 3 rings (SSSR count). The van der Waals surface area contributed by atoms with Crippen LogP contribution in [0.3, 0.4) is 0 Å². The van der Waals surface area contributed by atoms with Crippen LogP contribution in [-0.4, -0.2) is 12.5 Å². The maximum atomic E-state index is 12.1. The van der Waals surface area contributed by atoms with Gasteiger partial charge in [0.25, 0.3) is 0 Å². The predicted octanol–water partition coefficient (Wildman–Crippen LogP) is 4.02. The normalized spacial score (nSPS) is 14.3. The van der Waals surface area contributed by atoms with Crippen LogP contribution in [0.1, 0.15) is 50.3 Å². The van der Waals surface area contributed by atoms with Gasteiger partial charge in [0, 0.05) is 17.5 Å². The summed E-state index contributed by atoms with van der Waals surface area (Å²) in [6.45, 7) is 7.28. The van der Waals surface area contributed by atoms with Gasteiger partial charge in [-0.15, -0.1) is 0 Å². The molecular weight excluding hydrogens is 274 g/mol. The molecule has 1 N–H and O–H groups in total. The molecule has 0 bridgehead atoms. The molecule has 0 saturated carbocycles. The summed E-state index contributed by atoms with van der Waals surface area (Å²) in [7, 11) is 0. The molecule has 0 radical (unpaired) electrons. The molecular formula is C19H25NO2. The van der Waals surface area contributed by atoms with Crippen LogP contribution in [0, 0.1) is 5.41 Å². The van der Waals surface area contributed by atoms with E-state index in [1.807, 2.05) is 0 Å². The Morgan fingerprint density at radius 1 is 1.23 bits per heavy atom. The summed E-state index contributed by atoms with van der Waals surface area (Å²) in [4.78, 5) is 12.1. The number of carbonyl (C=O) groups excluding carboxylic acids is 1. The van der Waals surface area contributed by atoms with Crippen LogP contribution in [0.15, 0.2) is 22.8 Å². The third-order valence-corrected chi connectivity index (χ3v) is 4.42. The maximum Gasteiger partial charge on any atom is 0.224 e. The third-order valence-electron chi connectivity index (χ3n) is 4.42. The van der Waals surface area contributed by atoms with Gasteiger partial charge in [0.2, 0.25) is 5.91 Å². The number of hydrogen-bond acceptors (Lipinski definition) is 2. The Labute approximate surface area is 132 Å². The molecule has 1 aromatic carbocycles. The number of fused-ring (bicyclic) bond motifs is 2. The molecule has 0 atom stereocenters. The number of benzene rings is 1. The number of furan rings is 1. The molecule has 1 amide bonds. The van der Waals surface area contributed by atoms with Crippen molar-refractivity contribution >= 4 is 16.9 Å². The van der Waals surface area contributed by atoms with Crippen LogP contribution < -0.4 is 5.32 Å². The summed E-state index contributed by atoms with van der Waals surface area (Å²) in [6, 6.07) is 4.37. The predicted molar refractivity (Wildman–Crippen MR) is 89.0 cm³/mol. The first kappa shape index (κ1) is 15.1. The van der Waals surface area contributed by atoms with Crippen LogP contribution in [0.2, 0.25) is 0 Å². The van der Waals surface area contributed by atoms with Crippen molar-refractivity contribution in [3.05, 3.63) is 35.1 Å². The van der Waals surface area contributed by atoms with Crippen LogP contribution in [0.4, 0.5) is 0 Å². The molecule has 0 saturated heterocycles. The molecule has 1 aromatic heterocycles. The Hall–Kier alpha value is -1.77. The van der Waals surface area contributed by atoms with Gasteiger partial charge >= 0.3 is 0 Å². The zero-order chi connectivity index (χ0) is 15.7. The fraction of sp³-hybridized carbons (Fsp3) is 0.526. The van der Waals surface area contributed by atoms with Crippen molar-refractivity contribution in [3.63, 3.8) is 0 Å². The van der Waals surface area contributed by atoms with Gasteiger partial charge in [-0.2, -0.15) is 0 Å². The summed E-state index contributed by atoms with van der Waals surface area (Å²) in [5.41, 5.74) is 4.98. The van der Waals surface area contributed by atoms with Gasteiger partial charge in [-0.1, -0.05) is 20.8 Å². The van der Waals surface area contributed by atoms with Gasteiger partial charge in [-0.05, 0) is 54.4 Å². The zero-order valence-electron chi connectivity index (χ0n) is 13.8. The highest BCUT2D eigenvalue weighted by molar-refractivity contribution is 5.88. The summed E-state index contributed by atoms with van der Waals surface area (Å²) in [5.74, 6) is 0.0763. The second-order valence-corrected chi connectivity index (χ2v) is 7.57. The van der Waals surface area contributed by atoms with Crippen molar-refractivity contribution in [3.8, 4) is 0 Å². The van der Waals surface area contributed by atoms with Gasteiger partial charge in [0.1, 0.15) is 5.58 Å². The topological polar surface area (TPSA) is 42.2 Å². The van der Waals surface area contributed by atoms with Crippen molar-refractivity contribution in [1.82, 2.24) is 5.32 Å². The maximum absolute atomic E-state index is 12.1. The Morgan fingerprint density at radius 2 is 1.95 bits per heavy atom. The number of carbonyl (C=O) groups is 1. The second kappa shape index (κ2) is 5.79.